The van der Waals surface area contributed by atoms with Crippen LogP contribution in [0.5, 0.6) is 0 Å². The van der Waals surface area contributed by atoms with Crippen LogP contribution in [0.3, 0.4) is 0 Å². The number of hydrogen-bond donors (Lipinski definition) is 1. The van der Waals surface area contributed by atoms with Gasteiger partial charge in [-0.2, -0.15) is 16.8 Å². The molecule has 9 nitrogen and oxygen atoms in total. The molecule has 0 heterocycles. The predicted octanol–water partition coefficient (Wildman–Crippen LogP) is 1.87. The van der Waals surface area contributed by atoms with Crippen LogP contribution in [0.15, 0.2) is 94.7 Å². The molecule has 4 aliphatic carbocycles. The van der Waals surface area contributed by atoms with Crippen LogP contribution in [-0.2, 0) is 38.2 Å². The van der Waals surface area contributed by atoms with E-state index in [1.54, 1.807) is 72.8 Å². The van der Waals surface area contributed by atoms with Crippen LogP contribution in [0.25, 0.3) is 22.3 Å². The molecule has 38 heavy (non-hydrogen) atoms. The van der Waals surface area contributed by atoms with Gasteiger partial charge in [-0.3, -0.25) is 4.79 Å². The van der Waals surface area contributed by atoms with E-state index in [2.05, 4.69) is 8.37 Å². The van der Waals surface area contributed by atoms with Crippen molar-refractivity contribution in [3.8, 4) is 22.3 Å². The monoisotopic (exact) mass is 575 g/mol. The first-order chi connectivity index (χ1) is 17.1. The third-order valence-corrected chi connectivity index (χ3v) is 7.98. The summed E-state index contributed by atoms with van der Waals surface area (Å²) in [5, 5.41) is 0. The number of hydrogen-bond acceptors (Lipinski definition) is 9. The van der Waals surface area contributed by atoms with Crippen LogP contribution in [0.4, 0.5) is 0 Å². The first kappa shape index (κ1) is 32.4. The van der Waals surface area contributed by atoms with Gasteiger partial charge in [-0.1, -0.05) is 72.8 Å². The van der Waals surface area contributed by atoms with Gasteiger partial charge in [0.2, 0.25) is 0 Å². The fourth-order valence-electron chi connectivity index (χ4n) is 3.62. The van der Waals surface area contributed by atoms with Crippen LogP contribution in [0.2, 0.25) is 0 Å². The van der Waals surface area contributed by atoms with Gasteiger partial charge in [-0.05, 0) is 29.7 Å². The Kier molecular flexibility index (Phi) is 11.5. The zero-order valence-electron chi connectivity index (χ0n) is 18.7. The van der Waals surface area contributed by atoms with Crippen LogP contribution in [0, 0.1) is 0 Å². The molecule has 0 bridgehead atoms. The van der Waals surface area contributed by atoms with E-state index in [9.17, 15) is 26.4 Å². The number of nitrogens with two attached hydrogens (primary N) is 1. The van der Waals surface area contributed by atoms with Crippen molar-refractivity contribution in [1.82, 2.24) is 0 Å². The van der Waals surface area contributed by atoms with Crippen LogP contribution in [0.1, 0.15) is 12.8 Å². The molecule has 0 unspecified atom stereocenters. The van der Waals surface area contributed by atoms with E-state index in [4.69, 9.17) is 5.73 Å². The summed E-state index contributed by atoms with van der Waals surface area (Å²) in [6.07, 6.45) is -0.951. The summed E-state index contributed by atoms with van der Waals surface area (Å²) in [7, 11) is -8.91. The van der Waals surface area contributed by atoms with Crippen LogP contribution in [-0.4, -0.2) is 93.9 Å². The van der Waals surface area contributed by atoms with E-state index in [1.165, 1.54) is 12.1 Å². The van der Waals surface area contributed by atoms with E-state index >= 15 is 0 Å². The molecule has 0 radical (unpaired) electrons. The Balaban J connectivity index is 0.00000253. The van der Waals surface area contributed by atoms with E-state index in [1.807, 2.05) is 0 Å². The SMILES string of the molecule is N[C@@H](CCC(=O)OS(=O)(=O)c1ccc2cccccc1-2)C(=O)OS(=O)(=O)c1ccc2cccccc1-2.[NaH].[NaH]. The first-order valence-corrected chi connectivity index (χ1v) is 13.6. The van der Waals surface area contributed by atoms with Gasteiger partial charge in [0.25, 0.3) is 0 Å². The van der Waals surface area contributed by atoms with E-state index in [0.717, 1.165) is 0 Å². The second kappa shape index (κ2) is 13.5. The van der Waals surface area contributed by atoms with Gasteiger partial charge in [-0.15, -0.1) is 0 Å². The summed E-state index contributed by atoms with van der Waals surface area (Å²) in [6, 6.07) is 21.1. The van der Waals surface area contributed by atoms with Crippen molar-refractivity contribution in [2.24, 2.45) is 5.73 Å². The normalized spacial score (nSPS) is 12.1. The van der Waals surface area contributed by atoms with Crippen LogP contribution >= 0.6 is 0 Å². The molecule has 0 fully saturated rings. The molecule has 1 atom stereocenters. The Hall–Kier alpha value is -1.80. The van der Waals surface area contributed by atoms with Crippen molar-refractivity contribution in [3.05, 3.63) is 84.9 Å². The average Bonchev–Trinajstić information content (AvgIpc) is 3.25. The fraction of sp³-hybridized carbons (Fsp3) is 0.120. The second-order valence-electron chi connectivity index (χ2n) is 7.87. The summed E-state index contributed by atoms with van der Waals surface area (Å²) in [5.41, 5.74) is 7.73. The van der Waals surface area contributed by atoms with Crippen molar-refractivity contribution >= 4 is 91.3 Å². The van der Waals surface area contributed by atoms with Gasteiger partial charge in [0.1, 0.15) is 15.8 Å². The van der Waals surface area contributed by atoms with Crippen molar-refractivity contribution in [2.75, 3.05) is 0 Å². The van der Waals surface area contributed by atoms with Crippen molar-refractivity contribution in [3.63, 3.8) is 0 Å². The van der Waals surface area contributed by atoms with E-state index in [0.29, 0.717) is 22.3 Å². The van der Waals surface area contributed by atoms with Gasteiger partial charge >= 0.3 is 91.3 Å². The molecule has 0 aromatic carbocycles. The predicted molar refractivity (Wildman–Crippen MR) is 144 cm³/mol. The Morgan fingerprint density at radius 1 is 0.658 bits per heavy atom. The summed E-state index contributed by atoms with van der Waals surface area (Å²) < 4.78 is 59.8. The van der Waals surface area contributed by atoms with E-state index in [-0.39, 0.29) is 68.9 Å². The van der Waals surface area contributed by atoms with Gasteiger partial charge in [0, 0.05) is 17.5 Å². The summed E-state index contributed by atoms with van der Waals surface area (Å²) in [5.74, 6) is -2.43. The Bertz CT molecular complexity index is 1590. The zero-order valence-corrected chi connectivity index (χ0v) is 20.4. The summed E-state index contributed by atoms with van der Waals surface area (Å²) in [6.45, 7) is 0. The van der Waals surface area contributed by atoms with Gasteiger partial charge < -0.3 is 14.1 Å². The number of carbonyl (C=O) groups excluding carboxylic acids is 2. The van der Waals surface area contributed by atoms with Gasteiger partial charge in [-0.25, -0.2) is 4.79 Å². The summed E-state index contributed by atoms with van der Waals surface area (Å²) in [4.78, 5) is 24.1. The molecule has 0 spiro atoms. The molecule has 0 aromatic heterocycles. The molecule has 0 aromatic rings. The van der Waals surface area contributed by atoms with Crippen molar-refractivity contribution < 1.29 is 34.8 Å². The quantitative estimate of drug-likeness (QED) is 0.246. The fourth-order valence-corrected chi connectivity index (χ4v) is 5.85. The minimum absolute atomic E-state index is 0. The molecular weight excluding hydrogens is 552 g/mol. The maximum absolute atomic E-state index is 12.6. The molecule has 4 aliphatic rings. The topological polar surface area (TPSA) is 147 Å². The van der Waals surface area contributed by atoms with E-state index < -0.39 is 51.1 Å². The molecule has 0 saturated heterocycles. The third-order valence-electron chi connectivity index (χ3n) is 5.40. The second-order valence-corrected chi connectivity index (χ2v) is 10.9. The summed E-state index contributed by atoms with van der Waals surface area (Å²) >= 11 is 0. The van der Waals surface area contributed by atoms with Crippen molar-refractivity contribution in [2.45, 2.75) is 28.7 Å². The van der Waals surface area contributed by atoms with Gasteiger partial charge in [0.05, 0.1) is 0 Å². The maximum atomic E-state index is 12.6. The molecule has 0 amide bonds. The number of rotatable bonds is 8. The molecule has 4 rings (SSSR count). The molecule has 0 saturated carbocycles. The molecule has 13 heteroatoms. The number of fused-ring (bicyclic) bond motifs is 2. The Morgan fingerprint density at radius 2 is 1.11 bits per heavy atom. The molecule has 0 aliphatic heterocycles. The molecule has 2 N–H and O–H groups in total. The minimum atomic E-state index is -4.48. The molecular formula is C25H23NNa2O8S2. The zero-order chi connectivity index (χ0) is 25.9. The molecule has 190 valence electrons. The van der Waals surface area contributed by atoms with Gasteiger partial charge in [0.15, 0.2) is 0 Å². The standard InChI is InChI=1S/C25H21NO8S2.2Na.2H/c26-21(25(28)34-36(31,32)23-15-12-18-8-4-2-6-10-20(18)23)13-16-24(27)33-35(29,30)22-14-11-17-7-3-1-5-9-19(17)22;;;;/h1-12,14-15,21H,13,16,26H2;;;;/t21-;;;;/m0..../s1. The van der Waals surface area contributed by atoms with Crippen molar-refractivity contribution in [1.29, 1.82) is 0 Å². The average molecular weight is 576 g/mol. The van der Waals surface area contributed by atoms with Crippen LogP contribution < -0.4 is 5.73 Å². The first-order valence-electron chi connectivity index (χ1n) is 10.8. The number of carbonyl (C=O) groups is 2. The Labute approximate surface area is 265 Å². The Morgan fingerprint density at radius 3 is 1.61 bits per heavy atom. The third kappa shape index (κ3) is 7.44.